The van der Waals surface area contributed by atoms with Gasteiger partial charge in [0.25, 0.3) is 0 Å². The van der Waals surface area contributed by atoms with Crippen molar-refractivity contribution in [2.45, 2.75) is 78.6 Å². The minimum Gasteiger partial charge on any atom is -0.0996 e. The predicted octanol–water partition coefficient (Wildman–Crippen LogP) is 5.98. The second kappa shape index (κ2) is 3.93. The van der Waals surface area contributed by atoms with Crippen LogP contribution in [0.15, 0.2) is 12.2 Å². The average molecular weight is 272 g/mol. The number of allylic oxidation sites excluding steroid dienone is 1. The van der Waals surface area contributed by atoms with E-state index in [0.717, 1.165) is 17.8 Å². The molecule has 0 saturated heterocycles. The van der Waals surface area contributed by atoms with Gasteiger partial charge in [-0.2, -0.15) is 0 Å². The monoisotopic (exact) mass is 272 g/mol. The second-order valence-corrected chi connectivity index (χ2v) is 9.67. The van der Waals surface area contributed by atoms with Gasteiger partial charge in [-0.1, -0.05) is 39.3 Å². The van der Waals surface area contributed by atoms with Crippen LogP contribution in [0.25, 0.3) is 0 Å². The number of hydrogen-bond acceptors (Lipinski definition) is 0. The van der Waals surface area contributed by atoms with Gasteiger partial charge in [-0.05, 0) is 85.4 Å². The molecule has 0 aromatic rings. The highest BCUT2D eigenvalue weighted by atomic mass is 14.7. The molecule has 4 aliphatic rings. The van der Waals surface area contributed by atoms with E-state index < -0.39 is 0 Å². The topological polar surface area (TPSA) is 0 Å². The Bertz CT molecular complexity index is 445. The lowest BCUT2D eigenvalue weighted by atomic mass is 9.41. The molecule has 0 aliphatic heterocycles. The lowest BCUT2D eigenvalue weighted by molar-refractivity contribution is -0.144. The van der Waals surface area contributed by atoms with Crippen LogP contribution < -0.4 is 0 Å². The first-order chi connectivity index (χ1) is 9.37. The molecule has 5 atom stereocenters. The van der Waals surface area contributed by atoms with E-state index in [1.54, 1.807) is 5.57 Å². The van der Waals surface area contributed by atoms with Crippen LogP contribution in [-0.4, -0.2) is 0 Å². The van der Waals surface area contributed by atoms with Crippen molar-refractivity contribution in [1.82, 2.24) is 0 Å². The molecule has 4 aliphatic carbocycles. The molecule has 4 saturated carbocycles. The van der Waals surface area contributed by atoms with Gasteiger partial charge in [0, 0.05) is 0 Å². The molecule has 1 spiro atoms. The molecular weight excluding hydrogens is 240 g/mol. The highest BCUT2D eigenvalue weighted by Crippen LogP contribution is 2.72. The van der Waals surface area contributed by atoms with Gasteiger partial charge in [0.15, 0.2) is 0 Å². The van der Waals surface area contributed by atoms with E-state index in [1.165, 1.54) is 57.8 Å². The molecule has 2 unspecified atom stereocenters. The van der Waals surface area contributed by atoms with Crippen molar-refractivity contribution in [3.8, 4) is 0 Å². The Hall–Kier alpha value is -0.260. The van der Waals surface area contributed by atoms with Crippen LogP contribution in [0, 0.1) is 34.0 Å². The average Bonchev–Trinajstić information content (AvgIpc) is 2.58. The van der Waals surface area contributed by atoms with E-state index in [-0.39, 0.29) is 0 Å². The van der Waals surface area contributed by atoms with Gasteiger partial charge in [-0.25, -0.2) is 0 Å². The summed E-state index contributed by atoms with van der Waals surface area (Å²) in [5.41, 5.74) is 3.51. The molecule has 0 amide bonds. The van der Waals surface area contributed by atoms with E-state index in [1.807, 2.05) is 0 Å². The van der Waals surface area contributed by atoms with E-state index in [4.69, 9.17) is 0 Å². The van der Waals surface area contributed by atoms with Crippen molar-refractivity contribution in [2.24, 2.45) is 34.0 Å². The first kappa shape index (κ1) is 13.4. The van der Waals surface area contributed by atoms with E-state index in [9.17, 15) is 0 Å². The zero-order valence-electron chi connectivity index (χ0n) is 13.8. The Morgan fingerprint density at radius 1 is 0.950 bits per heavy atom. The van der Waals surface area contributed by atoms with Crippen molar-refractivity contribution in [3.63, 3.8) is 0 Å². The van der Waals surface area contributed by atoms with Crippen molar-refractivity contribution in [1.29, 1.82) is 0 Å². The number of hydrogen-bond donors (Lipinski definition) is 0. The van der Waals surface area contributed by atoms with E-state index in [2.05, 4.69) is 27.4 Å². The van der Waals surface area contributed by atoms with Crippen LogP contribution in [0.1, 0.15) is 78.6 Å². The quantitative estimate of drug-likeness (QED) is 0.476. The molecule has 20 heavy (non-hydrogen) atoms. The molecule has 112 valence electrons. The predicted molar refractivity (Wildman–Crippen MR) is 85.5 cm³/mol. The van der Waals surface area contributed by atoms with Crippen molar-refractivity contribution < 1.29 is 0 Å². The maximum atomic E-state index is 4.44. The highest BCUT2D eigenvalue weighted by molar-refractivity contribution is 5.22. The van der Waals surface area contributed by atoms with Crippen molar-refractivity contribution in [2.75, 3.05) is 0 Å². The molecule has 0 radical (unpaired) electrons. The molecule has 0 heterocycles. The largest absolute Gasteiger partial charge is 0.0996 e. The van der Waals surface area contributed by atoms with Crippen LogP contribution in [-0.2, 0) is 0 Å². The third-order valence-corrected chi connectivity index (χ3v) is 8.36. The van der Waals surface area contributed by atoms with Gasteiger partial charge in [0.2, 0.25) is 0 Å². The van der Waals surface area contributed by atoms with E-state index >= 15 is 0 Å². The molecule has 0 aromatic carbocycles. The summed E-state index contributed by atoms with van der Waals surface area (Å²) in [6, 6.07) is 0. The fourth-order valence-electron chi connectivity index (χ4n) is 7.68. The third-order valence-electron chi connectivity index (χ3n) is 8.36. The Kier molecular flexibility index (Phi) is 2.63. The Morgan fingerprint density at radius 2 is 1.75 bits per heavy atom. The Morgan fingerprint density at radius 3 is 2.55 bits per heavy atom. The lowest BCUT2D eigenvalue weighted by Crippen LogP contribution is -2.55. The summed E-state index contributed by atoms with van der Waals surface area (Å²) in [4.78, 5) is 0. The molecule has 2 bridgehead atoms. The van der Waals surface area contributed by atoms with Crippen LogP contribution in [0.3, 0.4) is 0 Å². The summed E-state index contributed by atoms with van der Waals surface area (Å²) >= 11 is 0. The fourth-order valence-corrected chi connectivity index (χ4v) is 7.68. The van der Waals surface area contributed by atoms with Gasteiger partial charge in [-0.3, -0.25) is 0 Å². The lowest BCUT2D eigenvalue weighted by Gasteiger charge is -2.64. The normalized spacial score (nSPS) is 53.4. The molecule has 0 N–H and O–H groups in total. The third kappa shape index (κ3) is 1.54. The van der Waals surface area contributed by atoms with Gasteiger partial charge >= 0.3 is 0 Å². The van der Waals surface area contributed by atoms with Crippen LogP contribution >= 0.6 is 0 Å². The maximum absolute atomic E-state index is 4.44. The standard InChI is InChI=1S/C20H32/c1-14-12-20-11-8-16-18(2,3)9-5-10-19(16,4)17(20)7-6-15(14)13-20/h15-17H,1,5-13H2,2-4H3/t15-,16-,17?,19-,20?/m1/s1. The smallest absolute Gasteiger partial charge is 0.0200 e. The molecule has 4 rings (SSSR count). The first-order valence-corrected chi connectivity index (χ1v) is 9.05. The molecule has 0 aromatic heterocycles. The second-order valence-electron chi connectivity index (χ2n) is 9.67. The van der Waals surface area contributed by atoms with Gasteiger partial charge in [0.1, 0.15) is 0 Å². The van der Waals surface area contributed by atoms with Crippen molar-refractivity contribution in [3.05, 3.63) is 12.2 Å². The van der Waals surface area contributed by atoms with Gasteiger partial charge in [-0.15, -0.1) is 0 Å². The molecular formula is C20H32. The zero-order valence-corrected chi connectivity index (χ0v) is 13.8. The van der Waals surface area contributed by atoms with Gasteiger partial charge < -0.3 is 0 Å². The zero-order chi connectivity index (χ0) is 14.2. The summed E-state index contributed by atoms with van der Waals surface area (Å²) in [6.45, 7) is 12.2. The Balaban J connectivity index is 1.74. The summed E-state index contributed by atoms with van der Waals surface area (Å²) in [5, 5.41) is 0. The van der Waals surface area contributed by atoms with E-state index in [0.29, 0.717) is 16.2 Å². The highest BCUT2D eigenvalue weighted by Gasteiger charge is 2.62. The number of fused-ring (bicyclic) bond motifs is 3. The Labute approximate surface area is 125 Å². The molecule has 0 heteroatoms. The maximum Gasteiger partial charge on any atom is -0.0200 e. The van der Waals surface area contributed by atoms with Crippen LogP contribution in [0.2, 0.25) is 0 Å². The van der Waals surface area contributed by atoms with Gasteiger partial charge in [0.05, 0.1) is 0 Å². The minimum atomic E-state index is 0.584. The molecule has 4 fully saturated rings. The fraction of sp³-hybridized carbons (Fsp3) is 0.900. The summed E-state index contributed by atoms with van der Waals surface area (Å²) in [6.07, 6.45) is 13.3. The summed E-state index contributed by atoms with van der Waals surface area (Å²) in [5.74, 6) is 2.87. The summed E-state index contributed by atoms with van der Waals surface area (Å²) < 4.78 is 0. The van der Waals surface area contributed by atoms with Crippen molar-refractivity contribution >= 4 is 0 Å². The minimum absolute atomic E-state index is 0.584. The van der Waals surface area contributed by atoms with Crippen LogP contribution in [0.5, 0.6) is 0 Å². The summed E-state index contributed by atoms with van der Waals surface area (Å²) in [7, 11) is 0. The SMILES string of the molecule is C=C1CC23CC[C@@H]4C(C)(C)CCC[C@@]4(C)C2CC[C@@H]1C3. The van der Waals surface area contributed by atoms with Crippen LogP contribution in [0.4, 0.5) is 0 Å². The first-order valence-electron chi connectivity index (χ1n) is 9.05. The number of rotatable bonds is 0. The molecule has 0 nitrogen and oxygen atoms in total.